The molecule has 126 valence electrons. The molecule has 4 heteroatoms. The first-order chi connectivity index (χ1) is 11.6. The van der Waals surface area contributed by atoms with E-state index in [0.29, 0.717) is 31.1 Å². The number of nitrogens with zero attached hydrogens (tertiary/aromatic N) is 1. The van der Waals surface area contributed by atoms with Crippen LogP contribution in [0.5, 0.6) is 0 Å². The molecule has 1 fully saturated rings. The van der Waals surface area contributed by atoms with E-state index in [1.54, 1.807) is 0 Å². The number of rotatable bonds is 4. The first-order valence-corrected chi connectivity index (χ1v) is 8.71. The van der Waals surface area contributed by atoms with Crippen LogP contribution in [0.15, 0.2) is 54.6 Å². The molecule has 0 radical (unpaired) electrons. The third-order valence-electron chi connectivity index (χ3n) is 4.51. The van der Waals surface area contributed by atoms with Crippen molar-refractivity contribution >= 4 is 17.5 Å². The standard InChI is InChI=1S/C20H22ClNO2/c1-15(16-5-3-2-4-6-16)13-20(23)22-11-12-24-19(14-22)17-7-9-18(21)10-8-17/h2-10,15,19H,11-14H2,1H3. The average Bonchev–Trinajstić information content (AvgIpc) is 2.63. The van der Waals surface area contributed by atoms with Gasteiger partial charge < -0.3 is 9.64 Å². The van der Waals surface area contributed by atoms with Crippen LogP contribution in [0.1, 0.15) is 36.5 Å². The summed E-state index contributed by atoms with van der Waals surface area (Å²) >= 11 is 5.94. The van der Waals surface area contributed by atoms with Gasteiger partial charge in [0, 0.05) is 18.0 Å². The van der Waals surface area contributed by atoms with Crippen molar-refractivity contribution < 1.29 is 9.53 Å². The SMILES string of the molecule is CC(CC(=O)N1CCOC(c2ccc(Cl)cc2)C1)c1ccccc1. The molecule has 1 amide bonds. The fourth-order valence-electron chi connectivity index (χ4n) is 3.05. The Hall–Kier alpha value is -1.84. The molecular formula is C20H22ClNO2. The van der Waals surface area contributed by atoms with Gasteiger partial charge in [-0.25, -0.2) is 0 Å². The molecule has 0 saturated carbocycles. The fraction of sp³-hybridized carbons (Fsp3) is 0.350. The summed E-state index contributed by atoms with van der Waals surface area (Å²) in [5.74, 6) is 0.407. The highest BCUT2D eigenvalue weighted by Crippen LogP contribution is 2.26. The Bertz CT molecular complexity index is 672. The van der Waals surface area contributed by atoms with Gasteiger partial charge in [-0.2, -0.15) is 0 Å². The lowest BCUT2D eigenvalue weighted by atomic mass is 9.97. The van der Waals surface area contributed by atoms with Crippen LogP contribution < -0.4 is 0 Å². The van der Waals surface area contributed by atoms with Crippen LogP contribution in [0, 0.1) is 0 Å². The molecule has 0 spiro atoms. The van der Waals surface area contributed by atoms with Crippen LogP contribution in [0.3, 0.4) is 0 Å². The largest absolute Gasteiger partial charge is 0.370 e. The summed E-state index contributed by atoms with van der Waals surface area (Å²) in [6, 6.07) is 17.8. The Morgan fingerprint density at radius 2 is 1.92 bits per heavy atom. The number of carbonyl (C=O) groups excluding carboxylic acids is 1. The lowest BCUT2D eigenvalue weighted by molar-refractivity contribution is -0.139. The number of ether oxygens (including phenoxy) is 1. The molecule has 2 aromatic carbocycles. The van der Waals surface area contributed by atoms with Gasteiger partial charge in [0.2, 0.25) is 5.91 Å². The molecule has 0 bridgehead atoms. The van der Waals surface area contributed by atoms with Crippen molar-refractivity contribution in [3.63, 3.8) is 0 Å². The third kappa shape index (κ3) is 4.16. The molecule has 3 rings (SSSR count). The molecule has 0 N–H and O–H groups in total. The monoisotopic (exact) mass is 343 g/mol. The van der Waals surface area contributed by atoms with Crippen LogP contribution in [-0.4, -0.2) is 30.5 Å². The molecule has 2 unspecified atom stereocenters. The van der Waals surface area contributed by atoms with E-state index in [2.05, 4.69) is 19.1 Å². The number of morpholine rings is 1. The van der Waals surface area contributed by atoms with Crippen molar-refractivity contribution in [3.05, 3.63) is 70.7 Å². The Kier molecular flexibility index (Phi) is 5.54. The highest BCUT2D eigenvalue weighted by molar-refractivity contribution is 6.30. The molecule has 1 saturated heterocycles. The summed E-state index contributed by atoms with van der Waals surface area (Å²) in [7, 11) is 0. The van der Waals surface area contributed by atoms with Gasteiger partial charge in [-0.15, -0.1) is 0 Å². The van der Waals surface area contributed by atoms with E-state index in [1.807, 2.05) is 47.4 Å². The van der Waals surface area contributed by atoms with Gasteiger partial charge >= 0.3 is 0 Å². The van der Waals surface area contributed by atoms with Gasteiger partial charge in [0.15, 0.2) is 0 Å². The van der Waals surface area contributed by atoms with Crippen molar-refractivity contribution in [1.29, 1.82) is 0 Å². The minimum absolute atomic E-state index is 0.0769. The van der Waals surface area contributed by atoms with Gasteiger partial charge in [0.25, 0.3) is 0 Å². The predicted octanol–water partition coefficient (Wildman–Crippen LogP) is 4.43. The average molecular weight is 344 g/mol. The zero-order chi connectivity index (χ0) is 16.9. The van der Waals surface area contributed by atoms with E-state index >= 15 is 0 Å². The number of benzene rings is 2. The van der Waals surface area contributed by atoms with E-state index < -0.39 is 0 Å². The number of hydrogen-bond acceptors (Lipinski definition) is 2. The molecule has 0 aromatic heterocycles. The smallest absolute Gasteiger partial charge is 0.223 e. The van der Waals surface area contributed by atoms with Crippen molar-refractivity contribution in [2.45, 2.75) is 25.4 Å². The Morgan fingerprint density at radius 3 is 2.62 bits per heavy atom. The van der Waals surface area contributed by atoms with Crippen LogP contribution in [0.2, 0.25) is 5.02 Å². The maximum Gasteiger partial charge on any atom is 0.223 e. The van der Waals surface area contributed by atoms with E-state index in [0.717, 1.165) is 5.56 Å². The molecular weight excluding hydrogens is 322 g/mol. The van der Waals surface area contributed by atoms with E-state index in [4.69, 9.17) is 16.3 Å². The van der Waals surface area contributed by atoms with Gasteiger partial charge in [0.05, 0.1) is 13.2 Å². The first kappa shape index (κ1) is 17.0. The number of hydrogen-bond donors (Lipinski definition) is 0. The molecule has 2 atom stereocenters. The van der Waals surface area contributed by atoms with Crippen molar-refractivity contribution in [1.82, 2.24) is 4.90 Å². The van der Waals surface area contributed by atoms with Gasteiger partial charge in [-0.1, -0.05) is 61.0 Å². The van der Waals surface area contributed by atoms with Crippen LogP contribution >= 0.6 is 11.6 Å². The second-order valence-corrected chi connectivity index (χ2v) is 6.70. The van der Waals surface area contributed by atoms with Crippen molar-refractivity contribution in [2.24, 2.45) is 0 Å². The van der Waals surface area contributed by atoms with Gasteiger partial charge in [-0.05, 0) is 29.2 Å². The topological polar surface area (TPSA) is 29.5 Å². The number of halogens is 1. The summed E-state index contributed by atoms with van der Waals surface area (Å²) in [6.07, 6.45) is 0.448. The zero-order valence-corrected chi connectivity index (χ0v) is 14.6. The maximum atomic E-state index is 12.7. The highest BCUT2D eigenvalue weighted by atomic mass is 35.5. The summed E-state index contributed by atoms with van der Waals surface area (Å²) in [4.78, 5) is 14.6. The van der Waals surface area contributed by atoms with Gasteiger partial charge in [0.1, 0.15) is 6.10 Å². The van der Waals surface area contributed by atoms with E-state index in [-0.39, 0.29) is 17.9 Å². The summed E-state index contributed by atoms with van der Waals surface area (Å²) < 4.78 is 5.84. The predicted molar refractivity (Wildman–Crippen MR) is 96.2 cm³/mol. The molecule has 0 aliphatic carbocycles. The lowest BCUT2D eigenvalue weighted by Crippen LogP contribution is -2.42. The Morgan fingerprint density at radius 1 is 1.21 bits per heavy atom. The number of amides is 1. The van der Waals surface area contributed by atoms with Gasteiger partial charge in [-0.3, -0.25) is 4.79 Å². The van der Waals surface area contributed by atoms with Crippen LogP contribution in [0.25, 0.3) is 0 Å². The molecule has 2 aromatic rings. The maximum absolute atomic E-state index is 12.7. The van der Waals surface area contributed by atoms with E-state index in [9.17, 15) is 4.79 Å². The third-order valence-corrected chi connectivity index (χ3v) is 4.76. The van der Waals surface area contributed by atoms with E-state index in [1.165, 1.54) is 5.56 Å². The van der Waals surface area contributed by atoms with Crippen molar-refractivity contribution in [3.8, 4) is 0 Å². The second-order valence-electron chi connectivity index (χ2n) is 6.27. The summed E-state index contributed by atoms with van der Waals surface area (Å²) in [5.41, 5.74) is 2.27. The Balaban J connectivity index is 1.61. The first-order valence-electron chi connectivity index (χ1n) is 8.33. The lowest BCUT2D eigenvalue weighted by Gasteiger charge is -2.34. The summed E-state index contributed by atoms with van der Waals surface area (Å²) in [5, 5.41) is 0.708. The minimum Gasteiger partial charge on any atom is -0.370 e. The Labute approximate surface area is 148 Å². The second kappa shape index (κ2) is 7.82. The normalized spacial score (nSPS) is 19.1. The summed E-state index contributed by atoms with van der Waals surface area (Å²) in [6.45, 7) is 3.93. The van der Waals surface area contributed by atoms with Crippen LogP contribution in [-0.2, 0) is 9.53 Å². The zero-order valence-electron chi connectivity index (χ0n) is 13.8. The quantitative estimate of drug-likeness (QED) is 0.821. The molecule has 1 aliphatic heterocycles. The molecule has 24 heavy (non-hydrogen) atoms. The molecule has 1 heterocycles. The molecule has 1 aliphatic rings. The minimum atomic E-state index is -0.0769. The number of carbonyl (C=O) groups is 1. The highest BCUT2D eigenvalue weighted by Gasteiger charge is 2.26. The molecule has 3 nitrogen and oxygen atoms in total. The van der Waals surface area contributed by atoms with Crippen LogP contribution in [0.4, 0.5) is 0 Å². The fourth-order valence-corrected chi connectivity index (χ4v) is 3.17. The van der Waals surface area contributed by atoms with Crippen molar-refractivity contribution in [2.75, 3.05) is 19.7 Å².